The number of carbonyl (C=O) groups is 1. The molecule has 0 unspecified atom stereocenters. The Bertz CT molecular complexity index is 794. The van der Waals surface area contributed by atoms with Crippen LogP contribution in [0.2, 0.25) is 5.02 Å². The number of amides is 1. The number of aromatic nitrogens is 3. The molecule has 1 amide bonds. The lowest BCUT2D eigenvalue weighted by atomic mass is 9.94. The van der Waals surface area contributed by atoms with Gasteiger partial charge in [-0.25, -0.2) is 9.67 Å². The number of halogens is 6. The van der Waals surface area contributed by atoms with Gasteiger partial charge in [0.25, 0.3) is 5.91 Å². The van der Waals surface area contributed by atoms with Crippen LogP contribution in [0.5, 0.6) is 0 Å². The maximum atomic E-state index is 13.6. The van der Waals surface area contributed by atoms with Crippen LogP contribution in [-0.4, -0.2) is 32.8 Å². The number of alkyl halides is 3. The number of hydrogen-bond donors (Lipinski definition) is 2. The van der Waals surface area contributed by atoms with E-state index >= 15 is 0 Å². The summed E-state index contributed by atoms with van der Waals surface area (Å²) in [6.07, 6.45) is -1.57. The van der Waals surface area contributed by atoms with Crippen LogP contribution in [0.15, 0.2) is 24.5 Å². The van der Waals surface area contributed by atoms with E-state index in [9.17, 15) is 18.0 Å². The average molecular weight is 463 g/mol. The van der Waals surface area contributed by atoms with Gasteiger partial charge in [-0.15, -0.1) is 24.8 Å². The van der Waals surface area contributed by atoms with E-state index in [0.717, 1.165) is 6.20 Å². The van der Waals surface area contributed by atoms with E-state index in [0.29, 0.717) is 17.5 Å². The Labute approximate surface area is 177 Å². The second kappa shape index (κ2) is 10.3. The van der Waals surface area contributed by atoms with Gasteiger partial charge >= 0.3 is 6.18 Å². The first-order valence-electron chi connectivity index (χ1n) is 7.96. The molecule has 0 fully saturated rings. The molecular weight excluding hydrogens is 442 g/mol. The Hall–Kier alpha value is -1.55. The second-order valence-electron chi connectivity index (χ2n) is 5.88. The van der Waals surface area contributed by atoms with Crippen molar-refractivity contribution in [2.24, 2.45) is 5.73 Å². The van der Waals surface area contributed by atoms with Crippen LogP contribution in [0.4, 0.5) is 13.2 Å². The van der Waals surface area contributed by atoms with Gasteiger partial charge in [0.2, 0.25) is 0 Å². The van der Waals surface area contributed by atoms with E-state index in [-0.39, 0.29) is 42.2 Å². The highest BCUT2D eigenvalue weighted by atomic mass is 35.5. The molecule has 0 atom stereocenters. The zero-order chi connectivity index (χ0) is 19.5. The molecule has 6 nitrogen and oxygen atoms in total. The first-order valence-corrected chi connectivity index (χ1v) is 8.34. The molecule has 0 aliphatic heterocycles. The molecule has 0 radical (unpaired) electrons. The molecular formula is C16H21Cl3F3N5O. The van der Waals surface area contributed by atoms with Gasteiger partial charge in [0.15, 0.2) is 11.5 Å². The third-order valence-corrected chi connectivity index (χ3v) is 4.53. The Morgan fingerprint density at radius 3 is 2.39 bits per heavy atom. The molecule has 0 aliphatic rings. The SMILES string of the molecule is CCC(N)(CC)CNC(=O)c1cnn(-c2ncccc2Cl)c1C(F)(F)F.Cl.Cl. The van der Waals surface area contributed by atoms with Crippen LogP contribution in [-0.2, 0) is 6.18 Å². The standard InChI is InChI=1S/C16H19ClF3N5O.2ClH/c1-3-15(21,4-2)9-23-14(26)10-8-24-25(12(10)16(18,19)20)13-11(17)6-5-7-22-13;;/h5-8H,3-4,9,21H2,1-2H3,(H,23,26);2*1H. The highest BCUT2D eigenvalue weighted by Gasteiger charge is 2.41. The molecule has 0 bridgehead atoms. The van der Waals surface area contributed by atoms with E-state index in [1.165, 1.54) is 18.3 Å². The predicted molar refractivity (Wildman–Crippen MR) is 106 cm³/mol. The Morgan fingerprint density at radius 2 is 1.89 bits per heavy atom. The number of nitrogens with one attached hydrogen (secondary N) is 1. The van der Waals surface area contributed by atoms with Crippen LogP contribution in [0.1, 0.15) is 42.7 Å². The van der Waals surface area contributed by atoms with Crippen molar-refractivity contribution >= 4 is 42.3 Å². The summed E-state index contributed by atoms with van der Waals surface area (Å²) in [6.45, 7) is 3.74. The van der Waals surface area contributed by atoms with E-state index < -0.39 is 28.9 Å². The molecule has 2 heterocycles. The van der Waals surface area contributed by atoms with E-state index in [2.05, 4.69) is 15.4 Å². The summed E-state index contributed by atoms with van der Waals surface area (Å²) in [5.41, 5.74) is 3.53. The fourth-order valence-electron chi connectivity index (χ4n) is 2.33. The van der Waals surface area contributed by atoms with Gasteiger partial charge in [-0.3, -0.25) is 4.79 Å². The second-order valence-corrected chi connectivity index (χ2v) is 6.28. The minimum absolute atomic E-state index is 0. The Morgan fingerprint density at radius 1 is 1.29 bits per heavy atom. The van der Waals surface area contributed by atoms with Gasteiger partial charge in [-0.05, 0) is 25.0 Å². The molecule has 158 valence electrons. The van der Waals surface area contributed by atoms with Gasteiger partial charge in [-0.1, -0.05) is 25.4 Å². The Kier molecular flexibility index (Phi) is 9.72. The summed E-state index contributed by atoms with van der Waals surface area (Å²) in [6, 6.07) is 2.86. The minimum atomic E-state index is -4.83. The number of rotatable bonds is 6. The lowest BCUT2D eigenvalue weighted by molar-refractivity contribution is -0.143. The quantitative estimate of drug-likeness (QED) is 0.679. The van der Waals surface area contributed by atoms with Crippen LogP contribution in [0, 0.1) is 0 Å². The van der Waals surface area contributed by atoms with Crippen molar-refractivity contribution in [3.8, 4) is 5.82 Å². The van der Waals surface area contributed by atoms with E-state index in [4.69, 9.17) is 17.3 Å². The minimum Gasteiger partial charge on any atom is -0.350 e. The summed E-state index contributed by atoms with van der Waals surface area (Å²) in [4.78, 5) is 16.2. The van der Waals surface area contributed by atoms with Gasteiger partial charge in [0, 0.05) is 18.3 Å². The van der Waals surface area contributed by atoms with Gasteiger partial charge < -0.3 is 11.1 Å². The number of carbonyl (C=O) groups excluding carboxylic acids is 1. The van der Waals surface area contributed by atoms with Crippen molar-refractivity contribution in [2.45, 2.75) is 38.4 Å². The highest BCUT2D eigenvalue weighted by Crippen LogP contribution is 2.34. The monoisotopic (exact) mass is 461 g/mol. The zero-order valence-corrected chi connectivity index (χ0v) is 17.5. The van der Waals surface area contributed by atoms with Crippen molar-refractivity contribution in [1.82, 2.24) is 20.1 Å². The van der Waals surface area contributed by atoms with Gasteiger partial charge in [0.05, 0.1) is 16.8 Å². The summed E-state index contributed by atoms with van der Waals surface area (Å²) < 4.78 is 41.3. The maximum absolute atomic E-state index is 13.6. The van der Waals surface area contributed by atoms with Crippen LogP contribution >= 0.6 is 36.4 Å². The molecule has 0 aliphatic carbocycles. The molecule has 0 spiro atoms. The third-order valence-electron chi connectivity index (χ3n) is 4.23. The molecule has 0 saturated carbocycles. The molecule has 2 aromatic rings. The summed E-state index contributed by atoms with van der Waals surface area (Å²) in [5, 5.41) is 6.12. The average Bonchev–Trinajstić information content (AvgIpc) is 3.05. The number of pyridine rings is 1. The van der Waals surface area contributed by atoms with Crippen molar-refractivity contribution in [2.75, 3.05) is 6.54 Å². The van der Waals surface area contributed by atoms with Crippen molar-refractivity contribution in [1.29, 1.82) is 0 Å². The molecule has 28 heavy (non-hydrogen) atoms. The highest BCUT2D eigenvalue weighted by molar-refractivity contribution is 6.32. The summed E-state index contributed by atoms with van der Waals surface area (Å²) in [7, 11) is 0. The molecule has 0 aromatic carbocycles. The van der Waals surface area contributed by atoms with Gasteiger partial charge in [0.1, 0.15) is 0 Å². The predicted octanol–water partition coefficient (Wildman–Crippen LogP) is 4.03. The first kappa shape index (κ1) is 26.4. The van der Waals surface area contributed by atoms with E-state index in [1.54, 1.807) is 0 Å². The topological polar surface area (TPSA) is 85.8 Å². The van der Waals surface area contributed by atoms with Crippen molar-refractivity contribution in [3.05, 3.63) is 40.8 Å². The summed E-state index contributed by atoms with van der Waals surface area (Å²) in [5.74, 6) is -1.12. The Balaban J connectivity index is 0.00000364. The fourth-order valence-corrected chi connectivity index (χ4v) is 2.53. The zero-order valence-electron chi connectivity index (χ0n) is 15.1. The number of hydrogen-bond acceptors (Lipinski definition) is 4. The normalized spacial score (nSPS) is 11.4. The lowest BCUT2D eigenvalue weighted by Gasteiger charge is -2.26. The lowest BCUT2D eigenvalue weighted by Crippen LogP contribution is -2.49. The maximum Gasteiger partial charge on any atom is 0.434 e. The first-order chi connectivity index (χ1) is 12.1. The molecule has 0 saturated heterocycles. The molecule has 2 aromatic heterocycles. The summed E-state index contributed by atoms with van der Waals surface area (Å²) >= 11 is 5.92. The number of nitrogens with zero attached hydrogens (tertiary/aromatic N) is 3. The molecule has 2 rings (SSSR count). The van der Waals surface area contributed by atoms with Crippen molar-refractivity contribution in [3.63, 3.8) is 0 Å². The van der Waals surface area contributed by atoms with Crippen LogP contribution in [0.25, 0.3) is 5.82 Å². The number of nitrogens with two attached hydrogens (primary N) is 1. The van der Waals surface area contributed by atoms with Crippen molar-refractivity contribution < 1.29 is 18.0 Å². The third kappa shape index (κ3) is 5.73. The largest absolute Gasteiger partial charge is 0.434 e. The molecule has 3 N–H and O–H groups in total. The van der Waals surface area contributed by atoms with Gasteiger partial charge in [-0.2, -0.15) is 18.3 Å². The molecule has 12 heteroatoms. The smallest absolute Gasteiger partial charge is 0.350 e. The van der Waals surface area contributed by atoms with Crippen LogP contribution < -0.4 is 11.1 Å². The fraction of sp³-hybridized carbons (Fsp3) is 0.438. The van der Waals surface area contributed by atoms with E-state index in [1.807, 2.05) is 13.8 Å². The van der Waals surface area contributed by atoms with Crippen LogP contribution in [0.3, 0.4) is 0 Å².